The zero-order valence-electron chi connectivity index (χ0n) is 27.3. The maximum absolute atomic E-state index is 5.84. The van der Waals surface area contributed by atoms with E-state index in [0.717, 1.165) is 50.3 Å². The molecule has 2 aromatic heterocycles. The molecule has 0 spiro atoms. The summed E-state index contributed by atoms with van der Waals surface area (Å²) in [5.74, 6) is 1.64. The van der Waals surface area contributed by atoms with Gasteiger partial charge in [-0.15, -0.1) is 0 Å². The van der Waals surface area contributed by atoms with Gasteiger partial charge in [0.25, 0.3) is 0 Å². The van der Waals surface area contributed by atoms with Gasteiger partial charge in [-0.05, 0) is 62.4 Å². The topological polar surface area (TPSA) is 90.4 Å². The first-order valence-corrected chi connectivity index (χ1v) is 16.1. The van der Waals surface area contributed by atoms with Crippen LogP contribution in [0.25, 0.3) is 33.1 Å². The Morgan fingerprint density at radius 3 is 1.32 bits per heavy atom. The molecule has 9 nitrogen and oxygen atoms in total. The fourth-order valence-corrected chi connectivity index (χ4v) is 4.80. The Hall–Kier alpha value is -4.12. The predicted molar refractivity (Wildman–Crippen MR) is 183 cm³/mol. The van der Waals surface area contributed by atoms with Crippen molar-refractivity contribution in [2.75, 3.05) is 79.3 Å². The van der Waals surface area contributed by atoms with E-state index in [9.17, 15) is 0 Å². The molecule has 248 valence electrons. The Balaban J connectivity index is 0.840. The fraction of sp³-hybridized carbons (Fsp3) is 0.368. The molecule has 0 atom stereocenters. The van der Waals surface area contributed by atoms with Crippen molar-refractivity contribution in [1.29, 1.82) is 0 Å². The van der Waals surface area contributed by atoms with Crippen LogP contribution in [0.1, 0.15) is 11.3 Å². The molecule has 0 aliphatic carbocycles. The van der Waals surface area contributed by atoms with E-state index >= 15 is 0 Å². The number of aromatic nitrogens is 2. The molecular formula is C38H44N2O7. The van der Waals surface area contributed by atoms with Gasteiger partial charge in [0.05, 0.1) is 82.8 Å². The minimum atomic E-state index is 0.458. The van der Waals surface area contributed by atoms with Crippen LogP contribution in [0, 0.1) is 13.8 Å². The highest BCUT2D eigenvalue weighted by Gasteiger charge is 2.07. The molecule has 0 radical (unpaired) electrons. The molecule has 3 aromatic carbocycles. The predicted octanol–water partition coefficient (Wildman–Crippen LogP) is 6.61. The molecule has 5 aromatic rings. The Kier molecular flexibility index (Phi) is 13.7. The molecule has 0 amide bonds. The summed E-state index contributed by atoms with van der Waals surface area (Å²) in [4.78, 5) is 9.69. The summed E-state index contributed by atoms with van der Waals surface area (Å²) in [5.41, 5.74) is 5.96. The second-order valence-electron chi connectivity index (χ2n) is 11.0. The van der Waals surface area contributed by atoms with Crippen molar-refractivity contribution in [1.82, 2.24) is 9.97 Å². The maximum atomic E-state index is 5.84. The lowest BCUT2D eigenvalue weighted by atomic mass is 10.1. The Morgan fingerprint density at radius 1 is 0.404 bits per heavy atom. The van der Waals surface area contributed by atoms with E-state index in [1.54, 1.807) is 0 Å². The smallest absolute Gasteiger partial charge is 0.119 e. The quantitative estimate of drug-likeness (QED) is 0.0649. The first-order valence-electron chi connectivity index (χ1n) is 16.1. The first kappa shape index (κ1) is 34.2. The van der Waals surface area contributed by atoms with E-state index in [2.05, 4.69) is 31.2 Å². The van der Waals surface area contributed by atoms with Crippen LogP contribution in [0.5, 0.6) is 11.5 Å². The lowest BCUT2D eigenvalue weighted by Gasteiger charge is -2.10. The second kappa shape index (κ2) is 18.9. The van der Waals surface area contributed by atoms with Crippen molar-refractivity contribution >= 4 is 21.8 Å². The van der Waals surface area contributed by atoms with Gasteiger partial charge in [0.1, 0.15) is 24.7 Å². The first-order chi connectivity index (χ1) is 23.2. The van der Waals surface area contributed by atoms with Crippen LogP contribution >= 0.6 is 0 Å². The summed E-state index contributed by atoms with van der Waals surface area (Å²) < 4.78 is 39.2. The van der Waals surface area contributed by atoms with Crippen LogP contribution in [-0.2, 0) is 23.7 Å². The monoisotopic (exact) mass is 640 g/mol. The van der Waals surface area contributed by atoms with Crippen molar-refractivity contribution in [3.05, 3.63) is 96.2 Å². The van der Waals surface area contributed by atoms with Gasteiger partial charge in [0.2, 0.25) is 0 Å². The standard InChI is InChI=1S/C38H44N2O7/c1-29-3-12-34(13-4-29)46-27-25-44-23-21-42-19-17-41-18-20-43-22-24-45-26-28-47-35-14-9-31(10-15-35)36-16-11-33-8-7-32-6-5-30(2)39-37(32)38(33)40-36/h3-16H,17-28H2,1-2H3. The Morgan fingerprint density at radius 2 is 0.809 bits per heavy atom. The van der Waals surface area contributed by atoms with Crippen LogP contribution in [0.15, 0.2) is 84.9 Å². The highest BCUT2D eigenvalue weighted by atomic mass is 16.6. The molecule has 0 bridgehead atoms. The summed E-state index contributed by atoms with van der Waals surface area (Å²) in [7, 11) is 0. The van der Waals surface area contributed by atoms with Crippen LogP contribution in [-0.4, -0.2) is 89.3 Å². The highest BCUT2D eigenvalue weighted by Crippen LogP contribution is 2.27. The molecule has 0 N–H and O–H groups in total. The van der Waals surface area contributed by atoms with Gasteiger partial charge in [-0.25, -0.2) is 4.98 Å². The van der Waals surface area contributed by atoms with E-state index in [-0.39, 0.29) is 0 Å². The largest absolute Gasteiger partial charge is 0.491 e. The number of aryl methyl sites for hydroxylation is 2. The Bertz CT molecular complexity index is 1640. The van der Waals surface area contributed by atoms with Crippen LogP contribution in [0.2, 0.25) is 0 Å². The maximum Gasteiger partial charge on any atom is 0.119 e. The Labute approximate surface area is 276 Å². The lowest BCUT2D eigenvalue weighted by Crippen LogP contribution is -2.15. The van der Waals surface area contributed by atoms with Gasteiger partial charge in [0, 0.05) is 22.0 Å². The number of hydrogen-bond acceptors (Lipinski definition) is 9. The lowest BCUT2D eigenvalue weighted by molar-refractivity contribution is -0.0141. The third-order valence-corrected chi connectivity index (χ3v) is 7.31. The average molecular weight is 641 g/mol. The van der Waals surface area contributed by atoms with Crippen molar-refractivity contribution in [2.45, 2.75) is 13.8 Å². The number of benzene rings is 3. The molecule has 2 heterocycles. The van der Waals surface area contributed by atoms with Crippen molar-refractivity contribution in [2.24, 2.45) is 0 Å². The number of hydrogen-bond donors (Lipinski definition) is 0. The molecule has 0 aliphatic rings. The number of rotatable bonds is 21. The molecule has 0 fully saturated rings. The number of pyridine rings is 2. The molecule has 5 rings (SSSR count). The van der Waals surface area contributed by atoms with Gasteiger partial charge in [-0.1, -0.05) is 42.0 Å². The van der Waals surface area contributed by atoms with Crippen molar-refractivity contribution in [3.8, 4) is 22.8 Å². The van der Waals surface area contributed by atoms with Gasteiger partial charge in [0.15, 0.2) is 0 Å². The number of ether oxygens (including phenoxy) is 7. The summed E-state index contributed by atoms with van der Waals surface area (Å²) >= 11 is 0. The summed E-state index contributed by atoms with van der Waals surface area (Å²) in [6.45, 7) is 10.1. The van der Waals surface area contributed by atoms with Crippen LogP contribution in [0.3, 0.4) is 0 Å². The number of nitrogens with zero attached hydrogens (tertiary/aromatic N) is 2. The van der Waals surface area contributed by atoms with Crippen molar-refractivity contribution < 1.29 is 33.2 Å². The summed E-state index contributed by atoms with van der Waals surface area (Å²) in [6, 6.07) is 28.4. The van der Waals surface area contributed by atoms with E-state index in [4.69, 9.17) is 43.1 Å². The third kappa shape index (κ3) is 11.3. The minimum Gasteiger partial charge on any atom is -0.491 e. The van der Waals surface area contributed by atoms with Gasteiger partial charge >= 0.3 is 0 Å². The molecule has 0 saturated carbocycles. The third-order valence-electron chi connectivity index (χ3n) is 7.31. The molecule has 0 aliphatic heterocycles. The van der Waals surface area contributed by atoms with Gasteiger partial charge < -0.3 is 33.2 Å². The van der Waals surface area contributed by atoms with Crippen LogP contribution in [0.4, 0.5) is 0 Å². The van der Waals surface area contributed by atoms with E-state index in [1.807, 2.05) is 67.6 Å². The van der Waals surface area contributed by atoms with E-state index < -0.39 is 0 Å². The average Bonchev–Trinajstić information content (AvgIpc) is 3.10. The second-order valence-corrected chi connectivity index (χ2v) is 11.0. The highest BCUT2D eigenvalue weighted by molar-refractivity contribution is 6.03. The number of fused-ring (bicyclic) bond motifs is 3. The fourth-order valence-electron chi connectivity index (χ4n) is 4.80. The summed E-state index contributed by atoms with van der Waals surface area (Å²) in [6.07, 6.45) is 0. The van der Waals surface area contributed by atoms with Crippen LogP contribution < -0.4 is 9.47 Å². The molecule has 0 unspecified atom stereocenters. The van der Waals surface area contributed by atoms with Gasteiger partial charge in [-0.3, -0.25) is 4.98 Å². The molecule has 0 saturated heterocycles. The van der Waals surface area contributed by atoms with E-state index in [1.165, 1.54) is 5.56 Å². The summed E-state index contributed by atoms with van der Waals surface area (Å²) in [5, 5.41) is 2.17. The zero-order valence-corrected chi connectivity index (χ0v) is 27.3. The molecule has 9 heteroatoms. The van der Waals surface area contributed by atoms with E-state index in [0.29, 0.717) is 79.3 Å². The zero-order chi connectivity index (χ0) is 32.5. The minimum absolute atomic E-state index is 0.458. The van der Waals surface area contributed by atoms with Crippen molar-refractivity contribution in [3.63, 3.8) is 0 Å². The SMILES string of the molecule is Cc1ccc(OCCOCCOCCOCCOCCOCCOc2ccc(-c3ccc4ccc5ccc(C)nc5c4n3)cc2)cc1. The molecular weight excluding hydrogens is 596 g/mol. The normalized spacial score (nSPS) is 11.4. The molecule has 47 heavy (non-hydrogen) atoms. The van der Waals surface area contributed by atoms with Gasteiger partial charge in [-0.2, -0.15) is 0 Å².